The molecule has 2 aliphatic rings. The van der Waals surface area contributed by atoms with E-state index in [1.54, 1.807) is 0 Å². The second-order valence-corrected chi connectivity index (χ2v) is 10.9. The summed E-state index contributed by atoms with van der Waals surface area (Å²) in [5.41, 5.74) is 16.7. The molecular formula is C31H44N4. The monoisotopic (exact) mass is 472 g/mol. The first-order valence-electron chi connectivity index (χ1n) is 13.2. The summed E-state index contributed by atoms with van der Waals surface area (Å²) in [5.74, 6) is 0. The van der Waals surface area contributed by atoms with Gasteiger partial charge >= 0.3 is 0 Å². The third-order valence-corrected chi connectivity index (χ3v) is 8.31. The maximum absolute atomic E-state index is 5.79. The fraction of sp³-hybridized carbons (Fsp3) is 0.484. The lowest BCUT2D eigenvalue weighted by Gasteiger charge is -2.39. The van der Waals surface area contributed by atoms with Crippen LogP contribution in [0.15, 0.2) is 55.3 Å². The van der Waals surface area contributed by atoms with Crippen molar-refractivity contribution in [1.29, 1.82) is 0 Å². The molecule has 1 fully saturated rings. The Morgan fingerprint density at radius 1 is 1.00 bits per heavy atom. The Balaban J connectivity index is 1.42. The van der Waals surface area contributed by atoms with Gasteiger partial charge < -0.3 is 15.5 Å². The second-order valence-electron chi connectivity index (χ2n) is 10.9. The smallest absolute Gasteiger partial charge is 0.0371 e. The van der Waals surface area contributed by atoms with Crippen LogP contribution >= 0.6 is 0 Å². The van der Waals surface area contributed by atoms with Crippen LogP contribution in [0.5, 0.6) is 0 Å². The van der Waals surface area contributed by atoms with Crippen molar-refractivity contribution in [3.8, 4) is 0 Å². The maximum atomic E-state index is 5.79. The third kappa shape index (κ3) is 5.49. The molecule has 35 heavy (non-hydrogen) atoms. The minimum Gasteiger partial charge on any atom is -0.371 e. The van der Waals surface area contributed by atoms with Crippen molar-refractivity contribution < 1.29 is 0 Å². The highest BCUT2D eigenvalue weighted by Crippen LogP contribution is 2.36. The molecule has 0 unspecified atom stereocenters. The molecule has 2 N–H and O–H groups in total. The molecule has 0 aromatic heterocycles. The van der Waals surface area contributed by atoms with Gasteiger partial charge in [0.2, 0.25) is 0 Å². The van der Waals surface area contributed by atoms with Gasteiger partial charge in [-0.25, -0.2) is 0 Å². The first-order chi connectivity index (χ1) is 16.7. The van der Waals surface area contributed by atoms with Gasteiger partial charge in [-0.3, -0.25) is 4.90 Å². The van der Waals surface area contributed by atoms with E-state index >= 15 is 0 Å². The van der Waals surface area contributed by atoms with Crippen molar-refractivity contribution in [2.45, 2.75) is 65.6 Å². The highest BCUT2D eigenvalue weighted by Gasteiger charge is 2.33. The Labute approximate surface area is 213 Å². The molecule has 0 atom stereocenters. The maximum Gasteiger partial charge on any atom is 0.0371 e. The van der Waals surface area contributed by atoms with Crippen LogP contribution in [-0.2, 0) is 25.9 Å². The molecule has 188 valence electrons. The Morgan fingerprint density at radius 2 is 1.71 bits per heavy atom. The van der Waals surface area contributed by atoms with E-state index in [0.29, 0.717) is 6.54 Å². The summed E-state index contributed by atoms with van der Waals surface area (Å²) >= 11 is 0. The first kappa shape index (κ1) is 25.5. The average Bonchev–Trinajstić information content (AvgIpc) is 3.33. The number of fused-ring (bicyclic) bond motifs is 1. The second kappa shape index (κ2) is 10.6. The Kier molecular flexibility index (Phi) is 7.73. The van der Waals surface area contributed by atoms with Gasteiger partial charge in [-0.2, -0.15) is 0 Å². The molecule has 2 heterocycles. The van der Waals surface area contributed by atoms with Gasteiger partial charge in [0.25, 0.3) is 0 Å². The third-order valence-electron chi connectivity index (χ3n) is 8.31. The highest BCUT2D eigenvalue weighted by molar-refractivity contribution is 5.67. The molecular weight excluding hydrogens is 428 g/mol. The number of hydrogen-bond acceptors (Lipinski definition) is 4. The summed E-state index contributed by atoms with van der Waals surface area (Å²) in [6.07, 6.45) is 3.37. The van der Waals surface area contributed by atoms with Gasteiger partial charge in [0, 0.05) is 68.3 Å². The number of benzene rings is 2. The molecule has 0 saturated carbocycles. The summed E-state index contributed by atoms with van der Waals surface area (Å²) < 4.78 is 0. The largest absolute Gasteiger partial charge is 0.371 e. The standard InChI is InChI=1S/C31H44N4/c1-7-27-19-26(12-11-23(27)2)13-14-31(5,6)35-21-28-9-8-10-29(30(28)22-35)25(4)34-17-15-33(16-18-34)24(3)20-32/h8-12,19H,3-4,7,13-18,20-22,32H2,1-2,5-6H3. The zero-order valence-corrected chi connectivity index (χ0v) is 22.4. The highest BCUT2D eigenvalue weighted by atomic mass is 15.3. The molecule has 2 aromatic carbocycles. The van der Waals surface area contributed by atoms with Gasteiger partial charge in [-0.05, 0) is 67.9 Å². The average molecular weight is 473 g/mol. The Morgan fingerprint density at radius 3 is 2.40 bits per heavy atom. The lowest BCUT2D eigenvalue weighted by atomic mass is 9.92. The number of piperazine rings is 1. The van der Waals surface area contributed by atoms with E-state index in [2.05, 4.69) is 92.0 Å². The van der Waals surface area contributed by atoms with E-state index < -0.39 is 0 Å². The first-order valence-corrected chi connectivity index (χ1v) is 13.2. The van der Waals surface area contributed by atoms with Gasteiger partial charge in [0.05, 0.1) is 0 Å². The lowest BCUT2D eigenvalue weighted by molar-refractivity contribution is 0.109. The van der Waals surface area contributed by atoms with Crippen LogP contribution in [0.2, 0.25) is 0 Å². The van der Waals surface area contributed by atoms with E-state index in [4.69, 9.17) is 5.73 Å². The topological polar surface area (TPSA) is 35.7 Å². The van der Waals surface area contributed by atoms with E-state index in [9.17, 15) is 0 Å². The van der Waals surface area contributed by atoms with Crippen molar-refractivity contribution in [2.24, 2.45) is 5.73 Å². The van der Waals surface area contributed by atoms with Crippen LogP contribution in [0.25, 0.3) is 5.70 Å². The van der Waals surface area contributed by atoms with Crippen LogP contribution in [0, 0.1) is 6.92 Å². The normalized spacial score (nSPS) is 16.5. The molecule has 0 amide bonds. The predicted octanol–water partition coefficient (Wildman–Crippen LogP) is 5.35. The van der Waals surface area contributed by atoms with Gasteiger partial charge in [-0.1, -0.05) is 56.5 Å². The van der Waals surface area contributed by atoms with E-state index in [-0.39, 0.29) is 5.54 Å². The van der Waals surface area contributed by atoms with Crippen LogP contribution in [0.1, 0.15) is 60.6 Å². The fourth-order valence-corrected chi connectivity index (χ4v) is 5.58. The number of hydrogen-bond donors (Lipinski definition) is 1. The zero-order chi connectivity index (χ0) is 25.2. The SMILES string of the molecule is C=C(CN)N1CCN(C(=C)c2cccc3c2CN(C(C)(C)CCc2ccc(C)c(CC)c2)C3)CC1. The summed E-state index contributed by atoms with van der Waals surface area (Å²) in [5, 5.41) is 0. The van der Waals surface area contributed by atoms with E-state index in [0.717, 1.165) is 69.9 Å². The van der Waals surface area contributed by atoms with Gasteiger partial charge in [-0.15, -0.1) is 0 Å². The van der Waals surface area contributed by atoms with Crippen molar-refractivity contribution in [1.82, 2.24) is 14.7 Å². The Bertz CT molecular complexity index is 1080. The predicted molar refractivity (Wildman–Crippen MR) is 149 cm³/mol. The molecule has 1 saturated heterocycles. The molecule has 4 rings (SSSR count). The molecule has 4 nitrogen and oxygen atoms in total. The minimum atomic E-state index is 0.128. The fourth-order valence-electron chi connectivity index (χ4n) is 5.58. The molecule has 4 heteroatoms. The molecule has 2 aliphatic heterocycles. The van der Waals surface area contributed by atoms with Crippen LogP contribution in [-0.4, -0.2) is 53.0 Å². The molecule has 0 radical (unpaired) electrons. The minimum absolute atomic E-state index is 0.128. The van der Waals surface area contributed by atoms with Crippen molar-refractivity contribution in [3.05, 3.63) is 88.6 Å². The lowest BCUT2D eigenvalue weighted by Crippen LogP contribution is -2.45. The Hall–Kier alpha value is -2.56. The van der Waals surface area contributed by atoms with Crippen LogP contribution in [0.3, 0.4) is 0 Å². The number of aryl methyl sites for hydroxylation is 3. The molecule has 0 aliphatic carbocycles. The quantitative estimate of drug-likeness (QED) is 0.534. The molecule has 0 spiro atoms. The summed E-state index contributed by atoms with van der Waals surface area (Å²) in [6.45, 7) is 24.3. The summed E-state index contributed by atoms with van der Waals surface area (Å²) in [6, 6.07) is 13.8. The molecule has 0 bridgehead atoms. The van der Waals surface area contributed by atoms with E-state index in [1.165, 1.54) is 33.4 Å². The van der Waals surface area contributed by atoms with Crippen LogP contribution < -0.4 is 5.73 Å². The molecule has 2 aromatic rings. The van der Waals surface area contributed by atoms with Crippen molar-refractivity contribution in [2.75, 3.05) is 32.7 Å². The van der Waals surface area contributed by atoms with Crippen molar-refractivity contribution in [3.63, 3.8) is 0 Å². The number of nitrogens with two attached hydrogens (primary N) is 1. The number of rotatable bonds is 9. The van der Waals surface area contributed by atoms with Crippen LogP contribution in [0.4, 0.5) is 0 Å². The van der Waals surface area contributed by atoms with E-state index in [1.807, 2.05) is 0 Å². The summed E-state index contributed by atoms with van der Waals surface area (Å²) in [4.78, 5) is 7.40. The zero-order valence-electron chi connectivity index (χ0n) is 22.4. The number of nitrogens with zero attached hydrogens (tertiary/aromatic N) is 3. The van der Waals surface area contributed by atoms with Gasteiger partial charge in [0.1, 0.15) is 0 Å². The van der Waals surface area contributed by atoms with Crippen molar-refractivity contribution >= 4 is 5.70 Å². The van der Waals surface area contributed by atoms with Gasteiger partial charge in [0.15, 0.2) is 0 Å². The summed E-state index contributed by atoms with van der Waals surface area (Å²) in [7, 11) is 0.